The highest BCUT2D eigenvalue weighted by Gasteiger charge is 2.51. The fraction of sp³-hybridized carbons (Fsp3) is 0.550. The number of nitro groups is 1. The number of fused-ring (bicyclic) bond motifs is 2. The molecule has 3 fully saturated rings. The van der Waals surface area contributed by atoms with Crippen molar-refractivity contribution in [1.82, 2.24) is 10.2 Å². The fourth-order valence-electron chi connectivity index (χ4n) is 4.57. The summed E-state index contributed by atoms with van der Waals surface area (Å²) in [6, 6.07) is 6.42. The van der Waals surface area contributed by atoms with Crippen molar-refractivity contribution in [2.75, 3.05) is 6.54 Å². The Morgan fingerprint density at radius 3 is 2.75 bits per heavy atom. The third-order valence-electron chi connectivity index (χ3n) is 6.29. The lowest BCUT2D eigenvalue weighted by atomic mass is 10.0. The van der Waals surface area contributed by atoms with Crippen LogP contribution in [0.25, 0.3) is 0 Å². The number of likely N-dealkylation sites (tertiary alicyclic amines) is 1. The highest BCUT2D eigenvalue weighted by atomic mass is 16.6. The van der Waals surface area contributed by atoms with Crippen molar-refractivity contribution in [1.29, 1.82) is 5.26 Å². The van der Waals surface area contributed by atoms with Crippen molar-refractivity contribution >= 4 is 17.5 Å². The lowest BCUT2D eigenvalue weighted by Crippen LogP contribution is -2.52. The van der Waals surface area contributed by atoms with Gasteiger partial charge in [0.25, 0.3) is 11.6 Å². The summed E-state index contributed by atoms with van der Waals surface area (Å²) in [6.07, 6.45) is 3.38. The molecule has 2 amide bonds. The molecule has 8 heteroatoms. The van der Waals surface area contributed by atoms with Crippen LogP contribution in [0.1, 0.15) is 48.0 Å². The van der Waals surface area contributed by atoms with Crippen LogP contribution in [0.3, 0.4) is 0 Å². The van der Waals surface area contributed by atoms with Crippen molar-refractivity contribution in [3.05, 3.63) is 39.4 Å². The Labute approximate surface area is 162 Å². The molecule has 4 rings (SSSR count). The monoisotopic (exact) mass is 382 g/mol. The minimum atomic E-state index is -0.554. The van der Waals surface area contributed by atoms with E-state index in [4.69, 9.17) is 0 Å². The summed E-state index contributed by atoms with van der Waals surface area (Å²) >= 11 is 0. The molecule has 2 saturated carbocycles. The summed E-state index contributed by atoms with van der Waals surface area (Å²) in [4.78, 5) is 38.0. The van der Waals surface area contributed by atoms with Gasteiger partial charge >= 0.3 is 0 Å². The van der Waals surface area contributed by atoms with Crippen LogP contribution >= 0.6 is 0 Å². The zero-order valence-electron chi connectivity index (χ0n) is 15.7. The number of aryl methyl sites for hydroxylation is 1. The minimum absolute atomic E-state index is 0.0213. The molecule has 1 aromatic rings. The van der Waals surface area contributed by atoms with Crippen molar-refractivity contribution in [2.24, 2.45) is 11.3 Å². The van der Waals surface area contributed by atoms with Gasteiger partial charge in [-0.2, -0.15) is 5.26 Å². The number of nitrogens with one attached hydrogen (secondary N) is 1. The number of carbonyl (C=O) groups is 2. The maximum absolute atomic E-state index is 12.8. The second-order valence-electron chi connectivity index (χ2n) is 8.38. The molecule has 3 unspecified atom stereocenters. The lowest BCUT2D eigenvalue weighted by Gasteiger charge is -2.34. The molecule has 3 atom stereocenters. The van der Waals surface area contributed by atoms with Crippen LogP contribution in [-0.2, 0) is 4.79 Å². The van der Waals surface area contributed by atoms with E-state index in [1.807, 2.05) is 0 Å². The second-order valence-corrected chi connectivity index (χ2v) is 8.38. The standard InChI is InChI=1S/C20H22N4O4/c1-12-2-3-16(24(27)28)14(6-12)19(26)22-15-7-13-8-17(15)23(10-13)18(25)9-20(11-21)4-5-20/h2-3,6,13,15,17H,4-5,7-10H2,1H3,(H,22,26). The number of nitro benzene ring substituents is 1. The van der Waals surface area contributed by atoms with Crippen molar-refractivity contribution in [3.8, 4) is 6.07 Å². The molecular weight excluding hydrogens is 360 g/mol. The topological polar surface area (TPSA) is 116 Å². The minimum Gasteiger partial charge on any atom is -0.347 e. The molecule has 28 heavy (non-hydrogen) atoms. The smallest absolute Gasteiger partial charge is 0.282 e. The van der Waals surface area contributed by atoms with Crippen LogP contribution in [0, 0.1) is 39.7 Å². The summed E-state index contributed by atoms with van der Waals surface area (Å²) < 4.78 is 0. The summed E-state index contributed by atoms with van der Waals surface area (Å²) in [7, 11) is 0. The molecule has 1 aliphatic heterocycles. The van der Waals surface area contributed by atoms with Crippen molar-refractivity contribution in [3.63, 3.8) is 0 Å². The predicted octanol–water partition coefficient (Wildman–Crippen LogP) is 2.32. The second kappa shape index (κ2) is 6.59. The van der Waals surface area contributed by atoms with Gasteiger partial charge in [0.05, 0.1) is 22.4 Å². The Kier molecular flexibility index (Phi) is 4.33. The van der Waals surface area contributed by atoms with Gasteiger partial charge in [-0.05, 0) is 50.2 Å². The van der Waals surface area contributed by atoms with Crippen LogP contribution in [0.4, 0.5) is 5.69 Å². The lowest BCUT2D eigenvalue weighted by molar-refractivity contribution is -0.385. The van der Waals surface area contributed by atoms with Crippen molar-refractivity contribution < 1.29 is 14.5 Å². The Morgan fingerprint density at radius 2 is 2.14 bits per heavy atom. The zero-order chi connectivity index (χ0) is 20.1. The van der Waals surface area contributed by atoms with E-state index in [1.54, 1.807) is 17.9 Å². The number of amides is 2. The Bertz CT molecular complexity index is 902. The maximum Gasteiger partial charge on any atom is 0.282 e. The number of hydrogen-bond donors (Lipinski definition) is 1. The third-order valence-corrected chi connectivity index (χ3v) is 6.29. The molecular formula is C20H22N4O4. The van der Waals surface area contributed by atoms with Crippen LogP contribution in [-0.4, -0.2) is 40.3 Å². The first kappa shape index (κ1) is 18.4. The van der Waals surface area contributed by atoms with E-state index in [1.165, 1.54) is 12.1 Å². The molecule has 1 saturated heterocycles. The van der Waals surface area contributed by atoms with Gasteiger partial charge in [0.2, 0.25) is 5.91 Å². The van der Waals surface area contributed by atoms with E-state index >= 15 is 0 Å². The van der Waals surface area contributed by atoms with E-state index in [2.05, 4.69) is 11.4 Å². The summed E-state index contributed by atoms with van der Waals surface area (Å²) in [6.45, 7) is 2.45. The van der Waals surface area contributed by atoms with Crippen LogP contribution in [0.15, 0.2) is 18.2 Å². The SMILES string of the molecule is Cc1ccc([N+](=O)[O-])c(C(=O)NC2CC3CC2N(C(=O)CC2(C#N)CC2)C3)c1. The molecule has 0 aromatic heterocycles. The molecule has 146 valence electrons. The maximum atomic E-state index is 12.8. The number of benzene rings is 1. The normalized spacial score (nSPS) is 26.6. The number of rotatable bonds is 5. The van der Waals surface area contributed by atoms with Crippen LogP contribution in [0.5, 0.6) is 0 Å². The highest BCUT2D eigenvalue weighted by Crippen LogP contribution is 2.49. The fourth-order valence-corrected chi connectivity index (χ4v) is 4.57. The van der Waals surface area contributed by atoms with Gasteiger partial charge in [0, 0.05) is 25.1 Å². The first-order valence-electron chi connectivity index (χ1n) is 9.58. The van der Waals surface area contributed by atoms with Crippen LogP contribution < -0.4 is 5.32 Å². The van der Waals surface area contributed by atoms with E-state index in [0.29, 0.717) is 12.5 Å². The van der Waals surface area contributed by atoms with Gasteiger partial charge in [-0.15, -0.1) is 0 Å². The Morgan fingerprint density at radius 1 is 1.39 bits per heavy atom. The molecule has 0 radical (unpaired) electrons. The van der Waals surface area contributed by atoms with E-state index in [9.17, 15) is 25.0 Å². The molecule has 0 spiro atoms. The van der Waals surface area contributed by atoms with Gasteiger partial charge in [0.15, 0.2) is 0 Å². The van der Waals surface area contributed by atoms with Gasteiger partial charge in [-0.25, -0.2) is 0 Å². The molecule has 3 aliphatic rings. The van der Waals surface area contributed by atoms with Gasteiger partial charge < -0.3 is 10.2 Å². The highest BCUT2D eigenvalue weighted by molar-refractivity contribution is 5.98. The molecule has 2 bridgehead atoms. The zero-order valence-corrected chi connectivity index (χ0v) is 15.7. The Balaban J connectivity index is 1.47. The molecule has 1 heterocycles. The molecule has 1 N–H and O–H groups in total. The quantitative estimate of drug-likeness (QED) is 0.620. The van der Waals surface area contributed by atoms with Gasteiger partial charge in [0.1, 0.15) is 5.56 Å². The average Bonchev–Trinajstić information content (AvgIpc) is 3.14. The largest absolute Gasteiger partial charge is 0.347 e. The number of nitrogens with zero attached hydrogens (tertiary/aromatic N) is 3. The first-order chi connectivity index (χ1) is 13.3. The third kappa shape index (κ3) is 3.21. The van der Waals surface area contributed by atoms with Gasteiger partial charge in [-0.1, -0.05) is 6.07 Å². The van der Waals surface area contributed by atoms with Gasteiger partial charge in [-0.3, -0.25) is 19.7 Å². The Hall–Kier alpha value is -2.95. The van der Waals surface area contributed by atoms with E-state index in [-0.39, 0.29) is 35.7 Å². The number of carbonyl (C=O) groups excluding carboxylic acids is 2. The molecule has 8 nitrogen and oxygen atoms in total. The first-order valence-corrected chi connectivity index (χ1v) is 9.58. The van der Waals surface area contributed by atoms with E-state index < -0.39 is 16.2 Å². The summed E-state index contributed by atoms with van der Waals surface area (Å²) in [5.41, 5.74) is 0.113. The number of piperidine rings is 1. The van der Waals surface area contributed by atoms with Crippen molar-refractivity contribution in [2.45, 2.75) is 51.1 Å². The number of nitriles is 1. The number of hydrogen-bond acceptors (Lipinski definition) is 5. The average molecular weight is 382 g/mol. The predicted molar refractivity (Wildman–Crippen MR) is 99.2 cm³/mol. The van der Waals surface area contributed by atoms with Crippen LogP contribution in [0.2, 0.25) is 0 Å². The molecule has 1 aromatic carbocycles. The summed E-state index contributed by atoms with van der Waals surface area (Å²) in [5, 5.41) is 23.4. The summed E-state index contributed by atoms with van der Waals surface area (Å²) in [5.74, 6) is -0.174. The molecule has 2 aliphatic carbocycles. The van der Waals surface area contributed by atoms with E-state index in [0.717, 1.165) is 31.2 Å².